The molecule has 2 rings (SSSR count). The van der Waals surface area contributed by atoms with Crippen molar-refractivity contribution in [3.63, 3.8) is 0 Å². The fraction of sp³-hybridized carbons (Fsp3) is 0.235. The summed E-state index contributed by atoms with van der Waals surface area (Å²) in [6.45, 7) is 2.22. The van der Waals surface area contributed by atoms with Crippen LogP contribution in [-0.2, 0) is 21.2 Å². The number of rotatable bonds is 8. The Hall–Kier alpha value is -1.83. The molecule has 0 amide bonds. The molecule has 5 nitrogen and oxygen atoms in total. The van der Waals surface area contributed by atoms with E-state index < -0.39 is 16.0 Å². The van der Waals surface area contributed by atoms with Crippen LogP contribution in [0.15, 0.2) is 58.3 Å². The zero-order valence-electron chi connectivity index (χ0n) is 13.2. The van der Waals surface area contributed by atoms with E-state index >= 15 is 0 Å². The van der Waals surface area contributed by atoms with Gasteiger partial charge in [-0.2, -0.15) is 0 Å². The van der Waals surface area contributed by atoms with Crippen molar-refractivity contribution in [2.24, 2.45) is 0 Å². The second kappa shape index (κ2) is 8.32. The van der Waals surface area contributed by atoms with Crippen molar-refractivity contribution in [2.45, 2.75) is 23.1 Å². The number of carboxylic acid groups (broad SMARTS) is 1. The molecule has 0 heterocycles. The molecule has 0 aromatic heterocycles. The maximum Gasteiger partial charge on any atom is 0.307 e. The minimum Gasteiger partial charge on any atom is -0.481 e. The Labute approximate surface area is 146 Å². The fourth-order valence-corrected chi connectivity index (χ4v) is 3.95. The van der Waals surface area contributed by atoms with Gasteiger partial charge in [0.15, 0.2) is 0 Å². The summed E-state index contributed by atoms with van der Waals surface area (Å²) in [4.78, 5) is 11.9. The average molecular weight is 365 g/mol. The second-order valence-corrected chi connectivity index (χ2v) is 8.21. The number of sulfonamides is 1. The zero-order valence-corrected chi connectivity index (χ0v) is 14.9. The quantitative estimate of drug-likeness (QED) is 0.555. The van der Waals surface area contributed by atoms with Gasteiger partial charge in [-0.15, -0.1) is 11.8 Å². The Balaban J connectivity index is 1.82. The van der Waals surface area contributed by atoms with Gasteiger partial charge in [0, 0.05) is 17.2 Å². The van der Waals surface area contributed by atoms with Gasteiger partial charge in [0.2, 0.25) is 10.0 Å². The summed E-state index contributed by atoms with van der Waals surface area (Å²) < 4.78 is 26.8. The molecule has 0 saturated carbocycles. The summed E-state index contributed by atoms with van der Waals surface area (Å²) in [5, 5.41) is 8.72. The van der Waals surface area contributed by atoms with Crippen LogP contribution in [-0.4, -0.2) is 31.8 Å². The van der Waals surface area contributed by atoms with E-state index in [-0.39, 0.29) is 11.3 Å². The third kappa shape index (κ3) is 5.67. The van der Waals surface area contributed by atoms with Crippen molar-refractivity contribution in [3.8, 4) is 0 Å². The number of thioether (sulfide) groups is 1. The van der Waals surface area contributed by atoms with Crippen LogP contribution in [0, 0.1) is 6.92 Å². The first-order chi connectivity index (χ1) is 11.4. The molecule has 0 fully saturated rings. The van der Waals surface area contributed by atoms with Crippen molar-refractivity contribution in [2.75, 3.05) is 12.3 Å². The minimum absolute atomic E-state index is 0.00129. The predicted molar refractivity (Wildman–Crippen MR) is 94.9 cm³/mol. The van der Waals surface area contributed by atoms with Crippen LogP contribution in [0.2, 0.25) is 0 Å². The molecule has 24 heavy (non-hydrogen) atoms. The van der Waals surface area contributed by atoms with E-state index in [2.05, 4.69) is 4.72 Å². The topological polar surface area (TPSA) is 83.5 Å². The predicted octanol–water partition coefficient (Wildman–Crippen LogP) is 2.69. The van der Waals surface area contributed by atoms with E-state index in [4.69, 9.17) is 5.11 Å². The van der Waals surface area contributed by atoms with Crippen LogP contribution in [0.5, 0.6) is 0 Å². The normalized spacial score (nSPS) is 11.4. The number of aliphatic carboxylic acids is 1. The maximum absolute atomic E-state index is 12.1. The molecule has 7 heteroatoms. The number of carbonyl (C=O) groups is 1. The third-order valence-electron chi connectivity index (χ3n) is 3.27. The smallest absolute Gasteiger partial charge is 0.307 e. The van der Waals surface area contributed by atoms with E-state index in [9.17, 15) is 13.2 Å². The lowest BCUT2D eigenvalue weighted by Crippen LogP contribution is -2.26. The van der Waals surface area contributed by atoms with Crippen molar-refractivity contribution >= 4 is 27.8 Å². The van der Waals surface area contributed by atoms with Crippen LogP contribution in [0.3, 0.4) is 0 Å². The van der Waals surface area contributed by atoms with E-state index in [1.54, 1.807) is 36.4 Å². The number of hydrogen-bond donors (Lipinski definition) is 2. The Morgan fingerprint density at radius 2 is 1.71 bits per heavy atom. The van der Waals surface area contributed by atoms with Crippen molar-refractivity contribution in [1.82, 2.24) is 4.72 Å². The van der Waals surface area contributed by atoms with Gasteiger partial charge in [0.1, 0.15) is 0 Å². The van der Waals surface area contributed by atoms with Gasteiger partial charge < -0.3 is 5.11 Å². The lowest BCUT2D eigenvalue weighted by atomic mass is 10.2. The van der Waals surface area contributed by atoms with Gasteiger partial charge in [-0.3, -0.25) is 4.79 Å². The summed E-state index contributed by atoms with van der Waals surface area (Å²) in [7, 11) is -3.48. The molecule has 0 atom stereocenters. The first kappa shape index (κ1) is 18.5. The largest absolute Gasteiger partial charge is 0.481 e. The molecule has 0 radical (unpaired) electrons. The highest BCUT2D eigenvalue weighted by Crippen LogP contribution is 2.18. The lowest BCUT2D eigenvalue weighted by molar-refractivity contribution is -0.136. The van der Waals surface area contributed by atoms with E-state index in [1.165, 1.54) is 11.8 Å². The Kier molecular flexibility index (Phi) is 6.42. The SMILES string of the molecule is Cc1ccc(S(=O)(=O)NCCSc2ccc(CC(=O)O)cc2)cc1. The van der Waals surface area contributed by atoms with Crippen molar-refractivity contribution in [1.29, 1.82) is 0 Å². The van der Waals surface area contributed by atoms with Gasteiger partial charge >= 0.3 is 5.97 Å². The van der Waals surface area contributed by atoms with Crippen LogP contribution in [0.4, 0.5) is 0 Å². The molecule has 0 aliphatic heterocycles. The molecule has 0 saturated heterocycles. The summed E-state index contributed by atoms with van der Waals surface area (Å²) in [6, 6.07) is 13.9. The number of carboxylic acids is 1. The van der Waals surface area contributed by atoms with Crippen LogP contribution in [0.1, 0.15) is 11.1 Å². The maximum atomic E-state index is 12.1. The number of aryl methyl sites for hydroxylation is 1. The monoisotopic (exact) mass is 365 g/mol. The molecule has 0 aliphatic carbocycles. The van der Waals surface area contributed by atoms with Gasteiger partial charge in [-0.1, -0.05) is 29.8 Å². The average Bonchev–Trinajstić information content (AvgIpc) is 2.53. The van der Waals surface area contributed by atoms with Gasteiger partial charge in [0.25, 0.3) is 0 Å². The molecule has 2 aromatic carbocycles. The first-order valence-corrected chi connectivity index (χ1v) is 9.83. The summed E-state index contributed by atoms with van der Waals surface area (Å²) in [6.07, 6.45) is 0.00129. The lowest BCUT2D eigenvalue weighted by Gasteiger charge is -2.07. The highest BCUT2D eigenvalue weighted by atomic mass is 32.2. The number of hydrogen-bond acceptors (Lipinski definition) is 4. The standard InChI is InChI=1S/C17H19NO4S2/c1-13-2-8-16(9-3-13)24(21,22)18-10-11-23-15-6-4-14(5-7-15)12-17(19)20/h2-9,18H,10-12H2,1H3,(H,19,20). The van der Waals surface area contributed by atoms with Gasteiger partial charge in [-0.05, 0) is 36.8 Å². The minimum atomic E-state index is -3.48. The third-order valence-corrected chi connectivity index (χ3v) is 5.76. The van der Waals surface area contributed by atoms with Crippen molar-refractivity contribution < 1.29 is 18.3 Å². The first-order valence-electron chi connectivity index (χ1n) is 7.37. The molecule has 0 spiro atoms. The molecule has 2 aromatic rings. The van der Waals surface area contributed by atoms with E-state index in [0.717, 1.165) is 16.0 Å². The summed E-state index contributed by atoms with van der Waals surface area (Å²) in [5.74, 6) is -0.274. The van der Waals surface area contributed by atoms with E-state index in [1.807, 2.05) is 19.1 Å². The zero-order chi connectivity index (χ0) is 17.6. The molecule has 0 unspecified atom stereocenters. The molecular weight excluding hydrogens is 346 g/mol. The Morgan fingerprint density at radius 1 is 1.08 bits per heavy atom. The van der Waals surface area contributed by atoms with Crippen LogP contribution < -0.4 is 4.72 Å². The Morgan fingerprint density at radius 3 is 2.29 bits per heavy atom. The number of benzene rings is 2. The van der Waals surface area contributed by atoms with E-state index in [0.29, 0.717) is 12.3 Å². The molecular formula is C17H19NO4S2. The van der Waals surface area contributed by atoms with Gasteiger partial charge in [0.05, 0.1) is 11.3 Å². The molecule has 128 valence electrons. The van der Waals surface area contributed by atoms with Crippen LogP contribution >= 0.6 is 11.8 Å². The van der Waals surface area contributed by atoms with Crippen LogP contribution in [0.25, 0.3) is 0 Å². The Bertz CT molecular complexity index is 784. The molecule has 2 N–H and O–H groups in total. The van der Waals surface area contributed by atoms with Crippen molar-refractivity contribution in [3.05, 3.63) is 59.7 Å². The highest BCUT2D eigenvalue weighted by Gasteiger charge is 2.12. The molecule has 0 bridgehead atoms. The fourth-order valence-electron chi connectivity index (χ4n) is 2.02. The highest BCUT2D eigenvalue weighted by molar-refractivity contribution is 7.99. The summed E-state index contributed by atoms with van der Waals surface area (Å²) >= 11 is 1.51. The van der Waals surface area contributed by atoms with Gasteiger partial charge in [-0.25, -0.2) is 13.1 Å². The summed E-state index contributed by atoms with van der Waals surface area (Å²) in [5.41, 5.74) is 1.75. The second-order valence-electron chi connectivity index (χ2n) is 5.27. The molecule has 0 aliphatic rings. The number of nitrogens with one attached hydrogen (secondary N) is 1.